The average molecular weight is 268 g/mol. The molecule has 0 bridgehead atoms. The fourth-order valence-corrected chi connectivity index (χ4v) is 1.98. The number of nitriles is 2. The van der Waals surface area contributed by atoms with Crippen molar-refractivity contribution in [3.05, 3.63) is 28.7 Å². The van der Waals surface area contributed by atoms with Crippen molar-refractivity contribution in [2.45, 2.75) is 13.5 Å². The number of hydrogen-bond donors (Lipinski definition) is 1. The number of hydrogen-bond acceptors (Lipinski definition) is 5. The van der Waals surface area contributed by atoms with Gasteiger partial charge in [0.05, 0.1) is 16.7 Å². The summed E-state index contributed by atoms with van der Waals surface area (Å²) in [5, 5.41) is 20.9. The first-order chi connectivity index (χ1) is 9.62. The third-order valence-corrected chi connectivity index (χ3v) is 2.97. The molecule has 1 aromatic carbocycles. The van der Waals surface area contributed by atoms with Crippen LogP contribution in [-0.4, -0.2) is 14.8 Å². The SMILES string of the molecule is CCn1c(=O)n(C)c2ccc(NN=C(C#N)C#N)cc21. The van der Waals surface area contributed by atoms with Gasteiger partial charge in [-0.2, -0.15) is 15.6 Å². The molecular formula is C13H12N6O. The van der Waals surface area contributed by atoms with E-state index in [4.69, 9.17) is 10.5 Å². The van der Waals surface area contributed by atoms with E-state index in [1.54, 1.807) is 46.5 Å². The number of nitrogens with zero attached hydrogens (tertiary/aromatic N) is 5. The van der Waals surface area contributed by atoms with E-state index in [1.165, 1.54) is 0 Å². The minimum absolute atomic E-state index is 0.0853. The van der Waals surface area contributed by atoms with Crippen molar-refractivity contribution in [3.63, 3.8) is 0 Å². The molecule has 0 aliphatic heterocycles. The second-order valence-electron chi connectivity index (χ2n) is 4.09. The van der Waals surface area contributed by atoms with Gasteiger partial charge < -0.3 is 0 Å². The lowest BCUT2D eigenvalue weighted by molar-refractivity contribution is 0.712. The Bertz CT molecular complexity index is 811. The normalized spacial score (nSPS) is 9.80. The molecule has 0 amide bonds. The Morgan fingerprint density at radius 1 is 1.35 bits per heavy atom. The van der Waals surface area contributed by atoms with Crippen molar-refractivity contribution in [1.29, 1.82) is 10.5 Å². The fraction of sp³-hybridized carbons (Fsp3) is 0.231. The summed E-state index contributed by atoms with van der Waals surface area (Å²) in [7, 11) is 1.71. The maximum Gasteiger partial charge on any atom is 0.328 e. The van der Waals surface area contributed by atoms with Gasteiger partial charge in [-0.05, 0) is 25.1 Å². The molecule has 100 valence electrons. The van der Waals surface area contributed by atoms with E-state index < -0.39 is 0 Å². The Hall–Kier alpha value is -3.06. The predicted molar refractivity (Wildman–Crippen MR) is 75.1 cm³/mol. The second-order valence-corrected chi connectivity index (χ2v) is 4.09. The number of imidazole rings is 1. The van der Waals surface area contributed by atoms with Crippen LogP contribution in [0, 0.1) is 22.7 Å². The molecule has 0 saturated carbocycles. The summed E-state index contributed by atoms with van der Waals surface area (Å²) in [5.74, 6) is 0. The molecule has 0 fully saturated rings. The zero-order valence-electron chi connectivity index (χ0n) is 11.1. The van der Waals surface area contributed by atoms with E-state index in [1.807, 2.05) is 6.92 Å². The van der Waals surface area contributed by atoms with Gasteiger partial charge in [-0.1, -0.05) is 0 Å². The highest BCUT2D eigenvalue weighted by Gasteiger charge is 2.09. The highest BCUT2D eigenvalue weighted by Crippen LogP contribution is 2.18. The van der Waals surface area contributed by atoms with E-state index in [-0.39, 0.29) is 11.4 Å². The molecule has 0 spiro atoms. The molecule has 0 atom stereocenters. The van der Waals surface area contributed by atoms with E-state index in [2.05, 4.69) is 10.5 Å². The Morgan fingerprint density at radius 3 is 2.65 bits per heavy atom. The molecule has 2 rings (SSSR count). The molecule has 1 heterocycles. The van der Waals surface area contributed by atoms with Gasteiger partial charge >= 0.3 is 5.69 Å². The van der Waals surface area contributed by atoms with Crippen LogP contribution in [0.3, 0.4) is 0 Å². The Balaban J connectivity index is 2.50. The lowest BCUT2D eigenvalue weighted by Crippen LogP contribution is -2.21. The van der Waals surface area contributed by atoms with Gasteiger partial charge in [-0.15, -0.1) is 0 Å². The van der Waals surface area contributed by atoms with Crippen LogP contribution < -0.4 is 11.1 Å². The molecule has 0 aliphatic carbocycles. The van der Waals surface area contributed by atoms with Crippen molar-refractivity contribution < 1.29 is 0 Å². The molecule has 0 saturated heterocycles. The van der Waals surface area contributed by atoms with Gasteiger partial charge in [-0.3, -0.25) is 14.6 Å². The summed E-state index contributed by atoms with van der Waals surface area (Å²) < 4.78 is 3.21. The van der Waals surface area contributed by atoms with Crippen LogP contribution in [0.15, 0.2) is 28.1 Å². The molecule has 1 aromatic heterocycles. The number of aromatic nitrogens is 2. The number of rotatable bonds is 3. The monoisotopic (exact) mass is 268 g/mol. The third-order valence-electron chi connectivity index (χ3n) is 2.97. The smallest absolute Gasteiger partial charge is 0.295 e. The van der Waals surface area contributed by atoms with Gasteiger partial charge in [-0.25, -0.2) is 4.79 Å². The molecule has 0 aliphatic rings. The Kier molecular flexibility index (Phi) is 3.54. The molecule has 7 heteroatoms. The molecular weight excluding hydrogens is 256 g/mol. The maximum absolute atomic E-state index is 12.0. The molecule has 20 heavy (non-hydrogen) atoms. The number of aryl methyl sites for hydroxylation is 2. The number of anilines is 1. The second kappa shape index (κ2) is 5.29. The van der Waals surface area contributed by atoms with E-state index in [9.17, 15) is 4.79 Å². The van der Waals surface area contributed by atoms with Crippen LogP contribution in [0.25, 0.3) is 11.0 Å². The van der Waals surface area contributed by atoms with Crippen LogP contribution in [-0.2, 0) is 13.6 Å². The molecule has 0 unspecified atom stereocenters. The van der Waals surface area contributed by atoms with E-state index in [0.717, 1.165) is 11.0 Å². The zero-order chi connectivity index (χ0) is 14.7. The van der Waals surface area contributed by atoms with Crippen LogP contribution >= 0.6 is 0 Å². The highest BCUT2D eigenvalue weighted by molar-refractivity contribution is 6.10. The average Bonchev–Trinajstić information content (AvgIpc) is 2.71. The van der Waals surface area contributed by atoms with E-state index in [0.29, 0.717) is 12.2 Å². The molecule has 1 N–H and O–H groups in total. The van der Waals surface area contributed by atoms with Gasteiger partial charge in [0.1, 0.15) is 12.1 Å². The van der Waals surface area contributed by atoms with Gasteiger partial charge in [0.25, 0.3) is 0 Å². The van der Waals surface area contributed by atoms with Crippen LogP contribution in [0.5, 0.6) is 0 Å². The third kappa shape index (κ3) is 2.13. The maximum atomic E-state index is 12.0. The van der Waals surface area contributed by atoms with Crippen LogP contribution in [0.1, 0.15) is 6.92 Å². The van der Waals surface area contributed by atoms with Crippen molar-refractivity contribution >= 4 is 22.4 Å². The summed E-state index contributed by atoms with van der Waals surface area (Å²) >= 11 is 0. The summed E-state index contributed by atoms with van der Waals surface area (Å²) in [5.41, 5.74) is 4.48. The lowest BCUT2D eigenvalue weighted by Gasteiger charge is -2.02. The topological polar surface area (TPSA) is 98.9 Å². The van der Waals surface area contributed by atoms with Gasteiger partial charge in [0.15, 0.2) is 0 Å². The Morgan fingerprint density at radius 2 is 2.05 bits per heavy atom. The standard InChI is InChI=1S/C13H12N6O/c1-3-19-12-6-9(16-17-10(7-14)8-15)4-5-11(12)18(2)13(19)20/h4-6,16H,3H2,1-2H3. The quantitative estimate of drug-likeness (QED) is 0.667. The van der Waals surface area contributed by atoms with Crippen LogP contribution in [0.2, 0.25) is 0 Å². The molecule has 2 aromatic rings. The van der Waals surface area contributed by atoms with Crippen LogP contribution in [0.4, 0.5) is 5.69 Å². The van der Waals surface area contributed by atoms with Crippen molar-refractivity contribution in [3.8, 4) is 12.1 Å². The minimum Gasteiger partial charge on any atom is -0.295 e. The summed E-state index contributed by atoms with van der Waals surface area (Å²) in [6, 6.07) is 8.61. The largest absolute Gasteiger partial charge is 0.328 e. The highest BCUT2D eigenvalue weighted by atomic mass is 16.1. The predicted octanol–water partition coefficient (Wildman–Crippen LogP) is 1.17. The summed E-state index contributed by atoms with van der Waals surface area (Å²) in [6.45, 7) is 2.45. The van der Waals surface area contributed by atoms with Gasteiger partial charge in [0, 0.05) is 13.6 Å². The van der Waals surface area contributed by atoms with Crippen molar-refractivity contribution in [1.82, 2.24) is 9.13 Å². The fourth-order valence-electron chi connectivity index (χ4n) is 1.98. The number of nitrogens with one attached hydrogen (secondary N) is 1. The van der Waals surface area contributed by atoms with Crippen molar-refractivity contribution in [2.24, 2.45) is 12.1 Å². The first-order valence-electron chi connectivity index (χ1n) is 5.95. The molecule has 7 nitrogen and oxygen atoms in total. The number of fused-ring (bicyclic) bond motifs is 1. The van der Waals surface area contributed by atoms with Crippen molar-refractivity contribution in [2.75, 3.05) is 5.43 Å². The first kappa shape index (κ1) is 13.4. The zero-order valence-corrected chi connectivity index (χ0v) is 11.1. The Labute approximate surface area is 115 Å². The minimum atomic E-state index is -0.258. The first-order valence-corrected chi connectivity index (χ1v) is 5.95. The van der Waals surface area contributed by atoms with E-state index >= 15 is 0 Å². The number of benzene rings is 1. The summed E-state index contributed by atoms with van der Waals surface area (Å²) in [6.07, 6.45) is 0. The summed E-state index contributed by atoms with van der Waals surface area (Å²) in [4.78, 5) is 12.0. The molecule has 0 radical (unpaired) electrons. The van der Waals surface area contributed by atoms with Gasteiger partial charge in [0.2, 0.25) is 5.71 Å². The lowest BCUT2D eigenvalue weighted by atomic mass is 10.2. The number of hydrazone groups is 1.